The molecule has 2 aliphatic heterocycles. The van der Waals surface area contributed by atoms with Crippen LogP contribution < -0.4 is 0 Å². The van der Waals surface area contributed by atoms with Gasteiger partial charge in [0.2, 0.25) is 0 Å². The molecule has 3 aromatic carbocycles. The van der Waals surface area contributed by atoms with Crippen LogP contribution in [0, 0.1) is 0 Å². The van der Waals surface area contributed by atoms with Crippen LogP contribution in [0.5, 0.6) is 0 Å². The van der Waals surface area contributed by atoms with Crippen LogP contribution in [-0.2, 0) is 0 Å². The van der Waals surface area contributed by atoms with Gasteiger partial charge in [0.1, 0.15) is 0 Å². The van der Waals surface area contributed by atoms with Crippen molar-refractivity contribution in [1.82, 2.24) is 10.0 Å². The van der Waals surface area contributed by atoms with E-state index >= 15 is 0 Å². The second kappa shape index (κ2) is 4.86. The van der Waals surface area contributed by atoms with Gasteiger partial charge >= 0.3 is 0 Å². The maximum absolute atomic E-state index is 13.0. The van der Waals surface area contributed by atoms with Gasteiger partial charge in [-0.2, -0.15) is 10.0 Å². The van der Waals surface area contributed by atoms with Crippen molar-refractivity contribution in [2.75, 3.05) is 0 Å². The van der Waals surface area contributed by atoms with Crippen molar-refractivity contribution in [3.63, 3.8) is 0 Å². The summed E-state index contributed by atoms with van der Waals surface area (Å²) in [6.07, 6.45) is 0. The fourth-order valence-electron chi connectivity index (χ4n) is 3.56. The maximum Gasteiger partial charge on any atom is 0.281 e. The molecule has 0 spiro atoms. The summed E-state index contributed by atoms with van der Waals surface area (Å²) in [5.74, 6) is -2.74. The fraction of sp³-hybridized carbons (Fsp3) is 0. The number of benzene rings is 3. The molecule has 0 aliphatic carbocycles. The van der Waals surface area contributed by atoms with Crippen molar-refractivity contribution < 1.29 is 19.2 Å². The van der Waals surface area contributed by atoms with Crippen LogP contribution in [0.1, 0.15) is 41.4 Å². The van der Waals surface area contributed by atoms with Crippen LogP contribution in [0.15, 0.2) is 60.7 Å². The molecule has 0 N–H and O–H groups in total. The highest BCUT2D eigenvalue weighted by molar-refractivity contribution is 6.29. The number of fused-ring (bicyclic) bond motifs is 1. The molecule has 0 radical (unpaired) electrons. The first-order valence-corrected chi connectivity index (χ1v) is 7.98. The SMILES string of the molecule is O=C1c2ccccc2C(=O)N1N1C(=O)c2cccc3cccc(c23)C1=O. The summed E-state index contributed by atoms with van der Waals surface area (Å²) in [7, 11) is 0. The summed E-state index contributed by atoms with van der Waals surface area (Å²) in [6.45, 7) is 0. The van der Waals surface area contributed by atoms with Crippen LogP contribution >= 0.6 is 0 Å². The molecule has 0 bridgehead atoms. The largest absolute Gasteiger partial charge is 0.281 e. The van der Waals surface area contributed by atoms with E-state index in [0.717, 1.165) is 5.39 Å². The zero-order valence-corrected chi connectivity index (χ0v) is 13.3. The molecule has 0 saturated heterocycles. The van der Waals surface area contributed by atoms with Gasteiger partial charge in [0.05, 0.1) is 22.3 Å². The first kappa shape index (κ1) is 14.5. The number of hydrazine groups is 1. The average Bonchev–Trinajstić information content (AvgIpc) is 2.92. The van der Waals surface area contributed by atoms with Crippen molar-refractivity contribution in [1.29, 1.82) is 0 Å². The van der Waals surface area contributed by atoms with E-state index in [1.807, 2.05) is 0 Å². The van der Waals surface area contributed by atoms with Gasteiger partial charge < -0.3 is 0 Å². The first-order valence-electron chi connectivity index (χ1n) is 7.98. The van der Waals surface area contributed by atoms with Gasteiger partial charge in [-0.15, -0.1) is 0 Å². The number of hydrogen-bond acceptors (Lipinski definition) is 4. The Labute approximate surface area is 147 Å². The number of carbonyl (C=O) groups excluding carboxylic acids is 4. The van der Waals surface area contributed by atoms with E-state index < -0.39 is 23.6 Å². The van der Waals surface area contributed by atoms with Gasteiger partial charge in [-0.25, -0.2) is 0 Å². The van der Waals surface area contributed by atoms with E-state index in [2.05, 4.69) is 0 Å². The third kappa shape index (κ3) is 1.65. The van der Waals surface area contributed by atoms with E-state index in [9.17, 15) is 19.2 Å². The Kier molecular flexibility index (Phi) is 2.72. The third-order valence-corrected chi connectivity index (χ3v) is 4.72. The van der Waals surface area contributed by atoms with E-state index in [1.165, 1.54) is 12.1 Å². The van der Waals surface area contributed by atoms with Gasteiger partial charge in [-0.1, -0.05) is 36.4 Å². The van der Waals surface area contributed by atoms with Crippen LogP contribution in [0.2, 0.25) is 0 Å². The van der Waals surface area contributed by atoms with Gasteiger partial charge in [-0.05, 0) is 29.7 Å². The van der Waals surface area contributed by atoms with Crippen LogP contribution in [0.25, 0.3) is 10.8 Å². The number of nitrogens with zero attached hydrogens (tertiary/aromatic N) is 2. The lowest BCUT2D eigenvalue weighted by molar-refractivity contribution is 0.00523. The minimum atomic E-state index is -0.686. The number of amides is 4. The Hall–Kier alpha value is -3.80. The standard InChI is InChI=1S/C20H10N2O4/c23-17-12-7-1-2-8-13(12)18(24)21(17)22-19(25)14-9-3-5-11-6-4-10-15(16(11)14)20(22)26/h1-10H. The second-order valence-corrected chi connectivity index (χ2v) is 6.10. The lowest BCUT2D eigenvalue weighted by atomic mass is 9.95. The Bertz CT molecular complexity index is 1100. The van der Waals surface area contributed by atoms with E-state index in [-0.39, 0.29) is 22.3 Å². The summed E-state index contributed by atoms with van der Waals surface area (Å²) < 4.78 is 0. The molecule has 26 heavy (non-hydrogen) atoms. The van der Waals surface area contributed by atoms with Crippen molar-refractivity contribution >= 4 is 34.4 Å². The van der Waals surface area contributed by atoms with Crippen molar-refractivity contribution in [3.05, 3.63) is 82.9 Å². The van der Waals surface area contributed by atoms with Crippen molar-refractivity contribution in [2.45, 2.75) is 0 Å². The summed E-state index contributed by atoms with van der Waals surface area (Å²) in [5.41, 5.74) is 0.925. The number of imide groups is 2. The molecule has 124 valence electrons. The van der Waals surface area contributed by atoms with E-state index in [4.69, 9.17) is 0 Å². The van der Waals surface area contributed by atoms with Crippen LogP contribution in [0.3, 0.4) is 0 Å². The van der Waals surface area contributed by atoms with E-state index in [0.29, 0.717) is 15.4 Å². The molecule has 2 aliphatic rings. The highest BCUT2D eigenvalue weighted by Gasteiger charge is 2.46. The molecule has 4 amide bonds. The Morgan fingerprint density at radius 2 is 0.846 bits per heavy atom. The molecule has 5 rings (SSSR count). The summed E-state index contributed by atoms with van der Waals surface area (Å²) in [6, 6.07) is 16.5. The lowest BCUT2D eigenvalue weighted by Gasteiger charge is -2.31. The monoisotopic (exact) mass is 342 g/mol. The Morgan fingerprint density at radius 3 is 1.31 bits per heavy atom. The first-order chi connectivity index (χ1) is 12.6. The predicted molar refractivity (Wildman–Crippen MR) is 91.4 cm³/mol. The molecule has 0 saturated carbocycles. The Balaban J connectivity index is 1.71. The summed E-state index contributed by atoms with van der Waals surface area (Å²) in [4.78, 5) is 51.4. The van der Waals surface area contributed by atoms with Crippen molar-refractivity contribution in [3.8, 4) is 0 Å². The van der Waals surface area contributed by atoms with Gasteiger partial charge in [0, 0.05) is 5.39 Å². The molecule has 0 unspecified atom stereocenters. The zero-order chi connectivity index (χ0) is 18.0. The highest BCUT2D eigenvalue weighted by Crippen LogP contribution is 2.33. The molecule has 3 aromatic rings. The molecular weight excluding hydrogens is 332 g/mol. The molecule has 0 atom stereocenters. The van der Waals surface area contributed by atoms with Crippen LogP contribution in [0.4, 0.5) is 0 Å². The predicted octanol–water partition coefficient (Wildman–Crippen LogP) is 2.65. The second-order valence-electron chi connectivity index (χ2n) is 6.10. The molecule has 2 heterocycles. The number of rotatable bonds is 1. The summed E-state index contributed by atoms with van der Waals surface area (Å²) >= 11 is 0. The van der Waals surface area contributed by atoms with Crippen LogP contribution in [-0.4, -0.2) is 33.6 Å². The van der Waals surface area contributed by atoms with Gasteiger partial charge in [0.25, 0.3) is 23.6 Å². The van der Waals surface area contributed by atoms with Gasteiger partial charge in [0.15, 0.2) is 0 Å². The topological polar surface area (TPSA) is 74.8 Å². The molecule has 6 heteroatoms. The third-order valence-electron chi connectivity index (χ3n) is 4.72. The average molecular weight is 342 g/mol. The minimum absolute atomic E-state index is 0.176. The fourth-order valence-corrected chi connectivity index (χ4v) is 3.56. The minimum Gasteiger partial charge on any atom is -0.267 e. The number of carbonyl (C=O) groups is 4. The maximum atomic E-state index is 13.0. The van der Waals surface area contributed by atoms with E-state index in [1.54, 1.807) is 48.5 Å². The smallest absolute Gasteiger partial charge is 0.267 e. The lowest BCUT2D eigenvalue weighted by Crippen LogP contribution is -2.54. The molecule has 0 aromatic heterocycles. The number of hydrogen-bond donors (Lipinski definition) is 0. The Morgan fingerprint density at radius 1 is 0.462 bits per heavy atom. The summed E-state index contributed by atoms with van der Waals surface area (Å²) in [5, 5.41) is 2.59. The highest BCUT2D eigenvalue weighted by atomic mass is 16.2. The molecule has 0 fully saturated rings. The van der Waals surface area contributed by atoms with Crippen molar-refractivity contribution in [2.24, 2.45) is 0 Å². The zero-order valence-electron chi connectivity index (χ0n) is 13.3. The quantitative estimate of drug-likeness (QED) is 0.637. The molecule has 6 nitrogen and oxygen atoms in total. The normalized spacial score (nSPS) is 15.8. The molecular formula is C20H10N2O4. The van der Waals surface area contributed by atoms with Gasteiger partial charge in [-0.3, -0.25) is 19.2 Å².